The summed E-state index contributed by atoms with van der Waals surface area (Å²) >= 11 is 8.58. The van der Waals surface area contributed by atoms with E-state index in [2.05, 4.69) is 30.2 Å². The van der Waals surface area contributed by atoms with Crippen LogP contribution in [-0.2, 0) is 4.74 Å². The number of methoxy groups -OCH3 is 1. The first kappa shape index (κ1) is 9.20. The lowest BCUT2D eigenvalue weighted by molar-refractivity contribution is 0.180. The Balaban J connectivity index is 3.26. The van der Waals surface area contributed by atoms with Crippen molar-refractivity contribution in [3.63, 3.8) is 0 Å². The van der Waals surface area contributed by atoms with Crippen LogP contribution in [0.3, 0.4) is 0 Å². The first-order valence-corrected chi connectivity index (χ1v) is 3.50. The molecule has 1 atom stereocenters. The third-order valence-electron chi connectivity index (χ3n) is 0.787. The van der Waals surface area contributed by atoms with Crippen LogP contribution in [0.5, 0.6) is 0 Å². The maximum atomic E-state index is 4.85. The molecule has 0 amide bonds. The minimum absolute atomic E-state index is 0.250. The zero-order valence-corrected chi connectivity index (χ0v) is 7.26. The lowest BCUT2D eigenvalue weighted by atomic mass is 10.4. The molecular formula is C5H11NOS2. The summed E-state index contributed by atoms with van der Waals surface area (Å²) in [4.78, 5) is 0. The molecule has 0 bridgehead atoms. The van der Waals surface area contributed by atoms with Gasteiger partial charge in [0.2, 0.25) is 0 Å². The van der Waals surface area contributed by atoms with Gasteiger partial charge in [-0.05, 0) is 6.92 Å². The molecule has 0 rings (SSSR count). The monoisotopic (exact) mass is 165 g/mol. The fourth-order valence-corrected chi connectivity index (χ4v) is 0.924. The van der Waals surface area contributed by atoms with Crippen molar-refractivity contribution >= 4 is 29.2 Å². The van der Waals surface area contributed by atoms with Gasteiger partial charge in [-0.25, -0.2) is 0 Å². The first-order valence-electron chi connectivity index (χ1n) is 2.65. The second-order valence-electron chi connectivity index (χ2n) is 1.81. The fraction of sp³-hybridized carbons (Fsp3) is 0.800. The molecule has 0 fully saturated rings. The minimum Gasteiger partial charge on any atom is -0.383 e. The number of ether oxygens (including phenoxy) is 1. The van der Waals surface area contributed by atoms with Crippen molar-refractivity contribution in [1.29, 1.82) is 0 Å². The Labute approximate surface area is 66.4 Å². The van der Waals surface area contributed by atoms with Gasteiger partial charge in [0.1, 0.15) is 4.32 Å². The molecule has 0 aliphatic heterocycles. The summed E-state index contributed by atoms with van der Waals surface area (Å²) in [6.45, 7) is 2.63. The first-order chi connectivity index (χ1) is 4.16. The van der Waals surface area contributed by atoms with Gasteiger partial charge in [0, 0.05) is 13.2 Å². The van der Waals surface area contributed by atoms with E-state index in [1.165, 1.54) is 0 Å². The van der Waals surface area contributed by atoms with Gasteiger partial charge in [-0.2, -0.15) is 0 Å². The molecule has 1 unspecified atom stereocenters. The number of nitrogens with one attached hydrogen (secondary N) is 1. The molecule has 0 saturated heterocycles. The Bertz CT molecular complexity index is 97.0. The SMILES string of the molecule is COCC(C)NC(=S)S. The number of thiocarbonyl (C=S) groups is 1. The van der Waals surface area contributed by atoms with Crippen molar-refractivity contribution in [3.05, 3.63) is 0 Å². The molecule has 0 aliphatic carbocycles. The van der Waals surface area contributed by atoms with E-state index in [9.17, 15) is 0 Å². The number of thiol groups is 1. The molecule has 0 aromatic carbocycles. The summed E-state index contributed by atoms with van der Waals surface area (Å²) in [6.07, 6.45) is 0. The van der Waals surface area contributed by atoms with Crippen LogP contribution in [0, 0.1) is 0 Å². The summed E-state index contributed by atoms with van der Waals surface area (Å²) in [5.74, 6) is 0. The molecule has 54 valence electrons. The average Bonchev–Trinajstić information content (AvgIpc) is 1.63. The highest BCUT2D eigenvalue weighted by Crippen LogP contribution is 1.85. The molecule has 0 aromatic heterocycles. The molecule has 0 aliphatic rings. The molecule has 2 nitrogen and oxygen atoms in total. The topological polar surface area (TPSA) is 21.3 Å². The van der Waals surface area contributed by atoms with Gasteiger partial charge in [-0.1, -0.05) is 12.2 Å². The lowest BCUT2D eigenvalue weighted by Crippen LogP contribution is -2.31. The highest BCUT2D eigenvalue weighted by atomic mass is 32.1. The van der Waals surface area contributed by atoms with Crippen LogP contribution < -0.4 is 5.32 Å². The van der Waals surface area contributed by atoms with Crippen molar-refractivity contribution < 1.29 is 4.74 Å². The Morgan fingerprint density at radius 3 is 2.78 bits per heavy atom. The van der Waals surface area contributed by atoms with Crippen LogP contribution in [0.2, 0.25) is 0 Å². The van der Waals surface area contributed by atoms with Crippen LogP contribution in [-0.4, -0.2) is 24.1 Å². The molecule has 0 heterocycles. The van der Waals surface area contributed by atoms with E-state index in [1.54, 1.807) is 7.11 Å². The van der Waals surface area contributed by atoms with Gasteiger partial charge in [-0.3, -0.25) is 0 Å². The van der Waals surface area contributed by atoms with Gasteiger partial charge < -0.3 is 10.1 Å². The summed E-state index contributed by atoms with van der Waals surface area (Å²) in [7, 11) is 1.65. The molecule has 0 spiro atoms. The predicted molar refractivity (Wildman–Crippen MR) is 46.1 cm³/mol. The smallest absolute Gasteiger partial charge is 0.130 e. The van der Waals surface area contributed by atoms with Gasteiger partial charge in [-0.15, -0.1) is 12.6 Å². The average molecular weight is 165 g/mol. The van der Waals surface area contributed by atoms with Crippen molar-refractivity contribution in [2.45, 2.75) is 13.0 Å². The zero-order chi connectivity index (χ0) is 7.28. The van der Waals surface area contributed by atoms with E-state index < -0.39 is 0 Å². The van der Waals surface area contributed by atoms with Crippen molar-refractivity contribution in [1.82, 2.24) is 5.32 Å². The normalized spacial score (nSPS) is 12.8. The summed E-state index contributed by atoms with van der Waals surface area (Å²) in [6, 6.07) is 0.250. The van der Waals surface area contributed by atoms with E-state index in [1.807, 2.05) is 6.92 Å². The highest BCUT2D eigenvalue weighted by Gasteiger charge is 1.98. The lowest BCUT2D eigenvalue weighted by Gasteiger charge is -2.10. The van der Waals surface area contributed by atoms with Crippen molar-refractivity contribution in [3.8, 4) is 0 Å². The molecule has 0 aromatic rings. The molecule has 4 heteroatoms. The third kappa shape index (κ3) is 6.08. The van der Waals surface area contributed by atoms with E-state index in [-0.39, 0.29) is 6.04 Å². The molecular weight excluding hydrogens is 154 g/mol. The van der Waals surface area contributed by atoms with Gasteiger partial charge in [0.15, 0.2) is 0 Å². The Kier molecular flexibility index (Phi) is 5.13. The van der Waals surface area contributed by atoms with Crippen LogP contribution in [0.15, 0.2) is 0 Å². The van der Waals surface area contributed by atoms with Gasteiger partial charge in [0.05, 0.1) is 6.61 Å². The second kappa shape index (κ2) is 5.02. The predicted octanol–water partition coefficient (Wildman–Crippen LogP) is 0.826. The van der Waals surface area contributed by atoms with E-state index >= 15 is 0 Å². The summed E-state index contributed by atoms with van der Waals surface area (Å²) in [5.41, 5.74) is 0. The quantitative estimate of drug-likeness (QED) is 0.478. The summed E-state index contributed by atoms with van der Waals surface area (Å²) in [5, 5.41) is 2.91. The molecule has 0 radical (unpaired) electrons. The van der Waals surface area contributed by atoms with Crippen LogP contribution in [0.4, 0.5) is 0 Å². The Hall–Kier alpha value is 0.200. The van der Waals surface area contributed by atoms with Crippen LogP contribution in [0.1, 0.15) is 6.92 Å². The number of hydrogen-bond donors (Lipinski definition) is 2. The Morgan fingerprint density at radius 1 is 1.89 bits per heavy atom. The number of hydrogen-bond acceptors (Lipinski definition) is 2. The van der Waals surface area contributed by atoms with Gasteiger partial charge in [0.25, 0.3) is 0 Å². The van der Waals surface area contributed by atoms with Crippen molar-refractivity contribution in [2.75, 3.05) is 13.7 Å². The maximum absolute atomic E-state index is 4.85. The highest BCUT2D eigenvalue weighted by molar-refractivity contribution is 8.11. The Morgan fingerprint density at radius 2 is 2.44 bits per heavy atom. The van der Waals surface area contributed by atoms with Crippen LogP contribution in [0.25, 0.3) is 0 Å². The van der Waals surface area contributed by atoms with Gasteiger partial charge >= 0.3 is 0 Å². The van der Waals surface area contributed by atoms with E-state index in [4.69, 9.17) is 4.74 Å². The van der Waals surface area contributed by atoms with E-state index in [0.29, 0.717) is 10.9 Å². The second-order valence-corrected chi connectivity index (χ2v) is 2.96. The third-order valence-corrected chi connectivity index (χ3v) is 1.03. The molecule has 0 saturated carbocycles. The van der Waals surface area contributed by atoms with Crippen molar-refractivity contribution in [2.24, 2.45) is 0 Å². The maximum Gasteiger partial charge on any atom is 0.130 e. The number of rotatable bonds is 3. The standard InChI is InChI=1S/C5H11NOS2/c1-4(3-7-2)6-5(8)9/h4H,3H2,1-2H3,(H2,6,8,9). The summed E-state index contributed by atoms with van der Waals surface area (Å²) < 4.78 is 5.36. The molecule has 1 N–H and O–H groups in total. The van der Waals surface area contributed by atoms with E-state index in [0.717, 1.165) is 0 Å². The van der Waals surface area contributed by atoms with Crippen LogP contribution >= 0.6 is 24.8 Å². The minimum atomic E-state index is 0.250. The zero-order valence-electron chi connectivity index (χ0n) is 5.55. The molecule has 9 heavy (non-hydrogen) atoms. The fourth-order valence-electron chi connectivity index (χ4n) is 0.502. The largest absolute Gasteiger partial charge is 0.383 e.